The molecule has 0 bridgehead atoms. The third kappa shape index (κ3) is 8.32. The maximum absolute atomic E-state index is 6.47. The summed E-state index contributed by atoms with van der Waals surface area (Å²) in [5.41, 5.74) is 3.71. The minimum atomic E-state index is 0.654. The smallest absolute Gasteiger partial charge is 0.155 e. The van der Waals surface area contributed by atoms with Gasteiger partial charge in [-0.15, -0.1) is 0 Å². The molecule has 2 aliphatic rings. The molecule has 1 aliphatic heterocycles. The zero-order valence-corrected chi connectivity index (χ0v) is 25.6. The molecular weight excluding hydrogens is 490 g/mol. The molecule has 1 aliphatic carbocycles. The Morgan fingerprint density at radius 2 is 1.38 bits per heavy atom. The Morgan fingerprint density at radius 1 is 0.750 bits per heavy atom. The summed E-state index contributed by atoms with van der Waals surface area (Å²) in [4.78, 5) is 12.4. The van der Waals surface area contributed by atoms with E-state index < -0.39 is 0 Å². The van der Waals surface area contributed by atoms with Crippen molar-refractivity contribution in [2.75, 3.05) is 25.5 Å². The maximum Gasteiger partial charge on any atom is 0.155 e. The summed E-state index contributed by atoms with van der Waals surface area (Å²) in [6, 6.07) is 16.9. The molecule has 2 aromatic carbocycles. The molecule has 0 saturated heterocycles. The van der Waals surface area contributed by atoms with Crippen LogP contribution in [-0.4, -0.2) is 25.6 Å². The molecular formula is C36H51N3O. The lowest BCUT2D eigenvalue weighted by Gasteiger charge is -2.16. The predicted molar refractivity (Wildman–Crippen MR) is 172 cm³/mol. The van der Waals surface area contributed by atoms with E-state index in [1.807, 2.05) is 14.1 Å². The van der Waals surface area contributed by atoms with Gasteiger partial charge in [-0.05, 0) is 30.9 Å². The van der Waals surface area contributed by atoms with Gasteiger partial charge in [0.25, 0.3) is 0 Å². The average Bonchev–Trinajstić information content (AvgIpc) is 2.97. The Balaban J connectivity index is 1.58. The number of hydrogen-bond donors (Lipinski definition) is 0. The highest BCUT2D eigenvalue weighted by Gasteiger charge is 2.16. The van der Waals surface area contributed by atoms with Crippen molar-refractivity contribution in [3.8, 4) is 11.5 Å². The summed E-state index contributed by atoms with van der Waals surface area (Å²) < 4.78 is 6.47. The highest BCUT2D eigenvalue weighted by Crippen LogP contribution is 2.31. The van der Waals surface area contributed by atoms with Crippen molar-refractivity contribution < 1.29 is 4.42 Å². The van der Waals surface area contributed by atoms with Crippen LogP contribution in [0.3, 0.4) is 0 Å². The number of unbranched alkanes of at least 4 members (excludes halogenated alkanes) is 10. The van der Waals surface area contributed by atoms with Crippen LogP contribution >= 0.6 is 0 Å². The van der Waals surface area contributed by atoms with Gasteiger partial charge < -0.3 is 9.32 Å². The fourth-order valence-corrected chi connectivity index (χ4v) is 5.81. The van der Waals surface area contributed by atoms with Gasteiger partial charge >= 0.3 is 0 Å². The van der Waals surface area contributed by atoms with Crippen molar-refractivity contribution in [1.82, 2.24) is 4.98 Å². The lowest BCUT2D eigenvalue weighted by atomic mass is 9.94. The Hall–Kier alpha value is -2.88. The van der Waals surface area contributed by atoms with Crippen molar-refractivity contribution in [3.05, 3.63) is 53.9 Å². The van der Waals surface area contributed by atoms with Crippen molar-refractivity contribution in [2.24, 2.45) is 10.9 Å². The molecule has 0 fully saturated rings. The summed E-state index contributed by atoms with van der Waals surface area (Å²) in [6.07, 6.45) is 18.9. The highest BCUT2D eigenvalue weighted by atomic mass is 16.3. The van der Waals surface area contributed by atoms with E-state index in [-0.39, 0.29) is 0 Å². The van der Waals surface area contributed by atoms with E-state index in [0.29, 0.717) is 5.92 Å². The van der Waals surface area contributed by atoms with Crippen LogP contribution in [0.1, 0.15) is 104 Å². The van der Waals surface area contributed by atoms with E-state index in [4.69, 9.17) is 14.4 Å². The van der Waals surface area contributed by atoms with Crippen molar-refractivity contribution in [2.45, 2.75) is 104 Å². The van der Waals surface area contributed by atoms with Gasteiger partial charge in [0.2, 0.25) is 0 Å². The highest BCUT2D eigenvalue weighted by molar-refractivity contribution is 5.96. The standard InChI is InChI=1S/C36H51N3O/c1-5-7-9-11-13-15-19-28(20-16-14-12-10-8-6-2)27-37-33-26-35-36(31-22-18-17-21-30(31)33)38-32-24-23-29(39(3)4)25-34(32)40-35/h17-18,21-26,28H,5-16,19-20,27H2,1-4H3. The fraction of sp³-hybridized carbons (Fsp3) is 0.556. The van der Waals surface area contributed by atoms with Crippen molar-refractivity contribution in [1.29, 1.82) is 0 Å². The lowest BCUT2D eigenvalue weighted by molar-refractivity contribution is 0.409. The van der Waals surface area contributed by atoms with Gasteiger partial charge in [-0.2, -0.15) is 0 Å². The van der Waals surface area contributed by atoms with E-state index in [0.717, 1.165) is 45.5 Å². The van der Waals surface area contributed by atoms with Crippen LogP contribution in [-0.2, 0) is 0 Å². The zero-order chi connectivity index (χ0) is 28.2. The molecule has 216 valence electrons. The first kappa shape index (κ1) is 30.1. The van der Waals surface area contributed by atoms with Gasteiger partial charge in [0.15, 0.2) is 11.3 Å². The first-order chi connectivity index (χ1) is 19.6. The van der Waals surface area contributed by atoms with Gasteiger partial charge in [0, 0.05) is 49.2 Å². The predicted octanol–water partition coefficient (Wildman–Crippen LogP) is 10.2. The minimum absolute atomic E-state index is 0.654. The first-order valence-corrected chi connectivity index (χ1v) is 16.0. The monoisotopic (exact) mass is 541 g/mol. The summed E-state index contributed by atoms with van der Waals surface area (Å²) in [5, 5.41) is 3.32. The minimum Gasteiger partial charge on any atom is -0.453 e. The third-order valence-electron chi connectivity index (χ3n) is 8.32. The molecule has 0 amide bonds. The molecule has 2 aromatic rings. The molecule has 0 spiro atoms. The molecule has 40 heavy (non-hydrogen) atoms. The number of fused-ring (bicyclic) bond motifs is 4. The second-order valence-corrected chi connectivity index (χ2v) is 11.9. The summed E-state index contributed by atoms with van der Waals surface area (Å²) in [5.74, 6) is 1.46. The van der Waals surface area contributed by atoms with E-state index in [9.17, 15) is 0 Å². The summed E-state index contributed by atoms with van der Waals surface area (Å²) >= 11 is 0. The maximum atomic E-state index is 6.47. The molecule has 0 saturated carbocycles. The molecule has 0 N–H and O–H groups in total. The van der Waals surface area contributed by atoms with Gasteiger partial charge in [-0.25, -0.2) is 4.98 Å². The SMILES string of the molecule is CCCCCCCCC(CCCCCCCC)CN=c1cc2oc3cc(N(C)C)ccc3nc-2c2ccccc12. The summed E-state index contributed by atoms with van der Waals surface area (Å²) in [7, 11) is 4.10. The quantitative estimate of drug-likeness (QED) is 0.0758. The summed E-state index contributed by atoms with van der Waals surface area (Å²) in [6.45, 7) is 5.48. The van der Waals surface area contributed by atoms with E-state index >= 15 is 0 Å². The second kappa shape index (κ2) is 15.8. The van der Waals surface area contributed by atoms with Gasteiger partial charge in [0.1, 0.15) is 11.2 Å². The van der Waals surface area contributed by atoms with Crippen LogP contribution in [0.2, 0.25) is 0 Å². The lowest BCUT2D eigenvalue weighted by Crippen LogP contribution is -2.12. The number of nitrogens with zero attached hydrogens (tertiary/aromatic N) is 3. The van der Waals surface area contributed by atoms with Crippen LogP contribution in [0.4, 0.5) is 5.69 Å². The number of anilines is 1. The van der Waals surface area contributed by atoms with Gasteiger partial charge in [-0.3, -0.25) is 4.99 Å². The fourth-order valence-electron chi connectivity index (χ4n) is 5.81. The molecule has 0 aromatic heterocycles. The number of aromatic nitrogens is 1. The number of hydrogen-bond acceptors (Lipinski definition) is 4. The average molecular weight is 542 g/mol. The first-order valence-electron chi connectivity index (χ1n) is 16.0. The Bertz CT molecular complexity index is 1340. The molecule has 0 atom stereocenters. The molecule has 1 heterocycles. The van der Waals surface area contributed by atoms with Crippen molar-refractivity contribution in [3.63, 3.8) is 0 Å². The Labute approximate surface area is 242 Å². The van der Waals surface area contributed by atoms with Crippen LogP contribution in [0.15, 0.2) is 57.9 Å². The van der Waals surface area contributed by atoms with E-state index in [1.54, 1.807) is 0 Å². The largest absolute Gasteiger partial charge is 0.453 e. The number of benzene rings is 3. The van der Waals surface area contributed by atoms with Crippen LogP contribution in [0, 0.1) is 5.92 Å². The molecule has 0 radical (unpaired) electrons. The topological polar surface area (TPSA) is 41.6 Å². The molecule has 4 rings (SSSR count). The van der Waals surface area contributed by atoms with E-state index in [1.165, 1.54) is 95.3 Å². The molecule has 4 nitrogen and oxygen atoms in total. The van der Waals surface area contributed by atoms with Gasteiger partial charge in [-0.1, -0.05) is 115 Å². The van der Waals surface area contributed by atoms with Crippen LogP contribution < -0.4 is 10.3 Å². The molecule has 4 heteroatoms. The van der Waals surface area contributed by atoms with Crippen LogP contribution in [0.25, 0.3) is 33.3 Å². The third-order valence-corrected chi connectivity index (χ3v) is 8.32. The normalized spacial score (nSPS) is 12.4. The zero-order valence-electron chi connectivity index (χ0n) is 25.6. The Morgan fingerprint density at radius 3 is 2.02 bits per heavy atom. The Kier molecular flexibility index (Phi) is 11.9. The van der Waals surface area contributed by atoms with Crippen LogP contribution in [0.5, 0.6) is 0 Å². The second-order valence-electron chi connectivity index (χ2n) is 11.9. The van der Waals surface area contributed by atoms with Crippen molar-refractivity contribution >= 4 is 27.6 Å². The molecule has 0 unspecified atom stereocenters. The van der Waals surface area contributed by atoms with E-state index in [2.05, 4.69) is 67.3 Å². The number of rotatable bonds is 17. The van der Waals surface area contributed by atoms with Gasteiger partial charge in [0.05, 0.1) is 5.36 Å².